The van der Waals surface area contributed by atoms with Crippen LogP contribution in [-0.2, 0) is 24.1 Å². The molecule has 0 saturated carbocycles. The number of fused-ring (bicyclic) bond motifs is 2. The van der Waals surface area contributed by atoms with Crippen molar-refractivity contribution in [3.63, 3.8) is 0 Å². The lowest BCUT2D eigenvalue weighted by Gasteiger charge is -2.42. The molecule has 7 aromatic rings. The Morgan fingerprint density at radius 1 is 0.812 bits per heavy atom. The number of amides is 1. The average molecular weight is 977 g/mol. The molecule has 2 aliphatic rings. The summed E-state index contributed by atoms with van der Waals surface area (Å²) in [5, 5.41) is 10.7. The first-order valence-electron chi connectivity index (χ1n) is 23.0. The normalized spacial score (nSPS) is 15.2. The number of hydrogen-bond acceptors (Lipinski definition) is 10. The zero-order chi connectivity index (χ0) is 48.4. The van der Waals surface area contributed by atoms with E-state index in [9.17, 15) is 27.9 Å². The highest BCUT2D eigenvalue weighted by molar-refractivity contribution is 7.92. The highest BCUT2D eigenvalue weighted by Gasteiger charge is 2.30. The Morgan fingerprint density at radius 3 is 2.23 bits per heavy atom. The van der Waals surface area contributed by atoms with Crippen LogP contribution in [0.25, 0.3) is 33.1 Å². The molecule has 360 valence electrons. The van der Waals surface area contributed by atoms with E-state index in [0.717, 1.165) is 68.9 Å². The Hall–Kier alpha value is -6.79. The van der Waals surface area contributed by atoms with Crippen molar-refractivity contribution < 1.29 is 37.3 Å². The molecule has 5 aromatic carbocycles. The number of rotatable bonds is 16. The van der Waals surface area contributed by atoms with E-state index >= 15 is 0 Å². The van der Waals surface area contributed by atoms with Crippen molar-refractivity contribution in [1.29, 1.82) is 0 Å². The summed E-state index contributed by atoms with van der Waals surface area (Å²) in [5.41, 5.74) is 3.64. The summed E-state index contributed by atoms with van der Waals surface area (Å²) in [4.78, 5) is 48.0. The summed E-state index contributed by atoms with van der Waals surface area (Å²) in [6.45, 7) is 8.60. The number of carbonyl (C=O) groups excluding carboxylic acids is 1. The third-order valence-electron chi connectivity index (χ3n) is 13.0. The van der Waals surface area contributed by atoms with Gasteiger partial charge in [-0.1, -0.05) is 42.8 Å². The van der Waals surface area contributed by atoms with Crippen LogP contribution in [0.15, 0.2) is 113 Å². The maximum Gasteiger partial charge on any atom is 0.337 e. The number of carbonyl (C=O) groups is 2. The van der Waals surface area contributed by atoms with Crippen molar-refractivity contribution >= 4 is 61.1 Å². The molecule has 2 aliphatic heterocycles. The lowest BCUT2D eigenvalue weighted by Crippen LogP contribution is -2.54. The lowest BCUT2D eigenvalue weighted by molar-refractivity contribution is 0.0458. The highest BCUT2D eigenvalue weighted by Crippen LogP contribution is 2.37. The smallest absolute Gasteiger partial charge is 0.337 e. The molecule has 16 nitrogen and oxygen atoms in total. The Labute approximate surface area is 404 Å². The number of ether oxygens (including phenoxy) is 3. The van der Waals surface area contributed by atoms with Gasteiger partial charge in [-0.3, -0.25) is 28.5 Å². The van der Waals surface area contributed by atoms with Gasteiger partial charge in [-0.05, 0) is 85.5 Å². The summed E-state index contributed by atoms with van der Waals surface area (Å²) >= 11 is 6.57. The molecular formula is C51H54ClN7O9S. The van der Waals surface area contributed by atoms with Crippen molar-refractivity contribution in [3.05, 3.63) is 130 Å². The summed E-state index contributed by atoms with van der Waals surface area (Å²) in [5.74, 6) is 0.710. The minimum Gasteiger partial charge on any atom is -0.493 e. The molecular weight excluding hydrogens is 922 g/mol. The predicted molar refractivity (Wildman–Crippen MR) is 266 cm³/mol. The molecule has 9 rings (SSSR count). The number of nitrogens with zero attached hydrogens (tertiary/aromatic N) is 5. The molecule has 2 fully saturated rings. The Bertz CT molecular complexity index is 3210. The van der Waals surface area contributed by atoms with Gasteiger partial charge in [-0.2, -0.15) is 0 Å². The van der Waals surface area contributed by atoms with E-state index in [4.69, 9.17) is 25.8 Å². The number of piperidine rings is 1. The fourth-order valence-electron chi connectivity index (χ4n) is 9.20. The first-order chi connectivity index (χ1) is 33.3. The number of carboxylic acids is 1. The zero-order valence-electron chi connectivity index (χ0n) is 38.6. The van der Waals surface area contributed by atoms with E-state index in [1.807, 2.05) is 37.3 Å². The van der Waals surface area contributed by atoms with Crippen LogP contribution in [0.3, 0.4) is 0 Å². The second-order valence-electron chi connectivity index (χ2n) is 17.5. The van der Waals surface area contributed by atoms with E-state index < -0.39 is 16.0 Å². The number of nitrogens with one attached hydrogen (secondary N) is 2. The quantitative estimate of drug-likeness (QED) is 0.0853. The van der Waals surface area contributed by atoms with E-state index in [2.05, 4.69) is 19.5 Å². The molecule has 0 aliphatic carbocycles. The monoisotopic (exact) mass is 975 g/mol. The second kappa shape index (κ2) is 20.0. The summed E-state index contributed by atoms with van der Waals surface area (Å²) in [7, 11) is -0.989. The maximum atomic E-state index is 14.1. The van der Waals surface area contributed by atoms with Gasteiger partial charge in [0.2, 0.25) is 0 Å². The summed E-state index contributed by atoms with van der Waals surface area (Å²) < 4.78 is 51.9. The van der Waals surface area contributed by atoms with Crippen LogP contribution in [0, 0.1) is 0 Å². The maximum absolute atomic E-state index is 14.1. The van der Waals surface area contributed by atoms with E-state index in [1.54, 1.807) is 73.6 Å². The number of aryl methyl sites for hydroxylation is 2. The molecule has 4 heterocycles. The Balaban J connectivity index is 0.771. The van der Waals surface area contributed by atoms with Crippen molar-refractivity contribution in [2.45, 2.75) is 37.1 Å². The van der Waals surface area contributed by atoms with Gasteiger partial charge in [0.25, 0.3) is 15.9 Å². The molecule has 69 heavy (non-hydrogen) atoms. The number of imidazole rings is 1. The van der Waals surface area contributed by atoms with Crippen molar-refractivity contribution in [3.8, 4) is 34.1 Å². The highest BCUT2D eigenvalue weighted by atomic mass is 35.5. The Morgan fingerprint density at radius 2 is 1.51 bits per heavy atom. The second-order valence-corrected chi connectivity index (χ2v) is 19.5. The molecule has 0 radical (unpaired) electrons. The van der Waals surface area contributed by atoms with Crippen molar-refractivity contribution in [2.75, 3.05) is 63.7 Å². The van der Waals surface area contributed by atoms with Crippen LogP contribution >= 0.6 is 11.6 Å². The van der Waals surface area contributed by atoms with Crippen LogP contribution in [0.4, 0.5) is 5.69 Å². The standard InChI is InChI=1S/C51H54ClN7O9S/c1-4-24-66-37-8-6-9-38(27-37)68-48-31-47-46(55(2)51(63)56(47)3)30-45(48)54-69(64,65)39-10-5-7-34(26-39)49(60)59-17-15-35(16-18-59)58-21-19-57(20-22-58)23-25-67-36-13-11-33(12-14-36)40-28-41-42(50(61)62)32-53-44(41)29-43(40)52/h5-14,26-32,35,53-54H,4,15-25H2,1-3H3,(H,61,62). The number of likely N-dealkylation sites (tertiary alicyclic amines) is 1. The molecule has 1 amide bonds. The van der Waals surface area contributed by atoms with E-state index in [0.29, 0.717) is 70.8 Å². The summed E-state index contributed by atoms with van der Waals surface area (Å²) in [6, 6.07) is 27.8. The van der Waals surface area contributed by atoms with Crippen LogP contribution in [-0.4, -0.2) is 119 Å². The van der Waals surface area contributed by atoms with Crippen molar-refractivity contribution in [1.82, 2.24) is 28.8 Å². The average Bonchev–Trinajstić information content (AvgIpc) is 3.86. The van der Waals surface area contributed by atoms with Crippen molar-refractivity contribution in [2.24, 2.45) is 14.1 Å². The first-order valence-corrected chi connectivity index (χ1v) is 24.9. The van der Waals surface area contributed by atoms with E-state index in [-0.39, 0.29) is 39.1 Å². The fourth-order valence-corrected chi connectivity index (χ4v) is 10.6. The molecule has 3 N–H and O–H groups in total. The number of carboxylic acid groups (broad SMARTS) is 1. The molecule has 0 unspecified atom stereocenters. The number of piperazine rings is 1. The number of anilines is 1. The number of aromatic amines is 1. The molecule has 2 saturated heterocycles. The van der Waals surface area contributed by atoms with Gasteiger partial charge in [0.1, 0.15) is 23.9 Å². The third kappa shape index (κ3) is 10.2. The molecule has 0 atom stereocenters. The molecule has 0 bridgehead atoms. The van der Waals surface area contributed by atoms with Crippen LogP contribution < -0.4 is 24.6 Å². The first kappa shape index (κ1) is 47.3. The third-order valence-corrected chi connectivity index (χ3v) is 14.7. The fraction of sp³-hybridized carbons (Fsp3) is 0.314. The largest absolute Gasteiger partial charge is 0.493 e. The van der Waals surface area contributed by atoms with Crippen LogP contribution in [0.2, 0.25) is 5.02 Å². The molecule has 0 spiro atoms. The van der Waals surface area contributed by atoms with E-state index in [1.165, 1.54) is 27.5 Å². The number of halogens is 1. The van der Waals surface area contributed by atoms with Gasteiger partial charge in [-0.25, -0.2) is 18.0 Å². The number of H-pyrrole nitrogens is 1. The molecule has 18 heteroatoms. The minimum atomic E-state index is -4.24. The van der Waals surface area contributed by atoms with Gasteiger partial charge < -0.3 is 29.2 Å². The van der Waals surface area contributed by atoms with Crippen LogP contribution in [0.5, 0.6) is 23.0 Å². The van der Waals surface area contributed by atoms with Gasteiger partial charge in [0, 0.05) is 106 Å². The van der Waals surface area contributed by atoms with Gasteiger partial charge in [-0.15, -0.1) is 0 Å². The summed E-state index contributed by atoms with van der Waals surface area (Å²) in [6.07, 6.45) is 3.93. The Kier molecular flexibility index (Phi) is 13.7. The van der Waals surface area contributed by atoms with Gasteiger partial charge >= 0.3 is 11.7 Å². The number of aromatic nitrogens is 3. The number of aromatic carboxylic acids is 1. The van der Waals surface area contributed by atoms with Crippen LogP contribution in [0.1, 0.15) is 46.9 Å². The SMILES string of the molecule is CCCOc1cccc(Oc2cc3c(cc2NS(=O)(=O)c2cccc(C(=O)N4CCC(N5CCN(CCOc6ccc(-c7cc8c(C(=O)O)c[nH]c8cc7Cl)cc6)CC5)CC4)c2)n(C)c(=O)n3C)c1. The number of hydrogen-bond donors (Lipinski definition) is 3. The predicted octanol–water partition coefficient (Wildman–Crippen LogP) is 8.06. The topological polar surface area (TPSA) is 181 Å². The van der Waals surface area contributed by atoms with Gasteiger partial charge in [0.15, 0.2) is 5.75 Å². The lowest BCUT2D eigenvalue weighted by atomic mass is 10.0. The minimum absolute atomic E-state index is 0.0849. The van der Waals surface area contributed by atoms with Gasteiger partial charge in [0.05, 0.1) is 38.8 Å². The zero-order valence-corrected chi connectivity index (χ0v) is 40.2. The molecule has 2 aromatic heterocycles. The number of sulfonamides is 1. The number of benzene rings is 5.